The van der Waals surface area contributed by atoms with E-state index in [1.54, 1.807) is 0 Å². The van der Waals surface area contributed by atoms with E-state index in [9.17, 15) is 4.79 Å². The van der Waals surface area contributed by atoms with Crippen LogP contribution in [0.25, 0.3) is 11.0 Å². The second-order valence-corrected chi connectivity index (χ2v) is 6.96. The summed E-state index contributed by atoms with van der Waals surface area (Å²) in [5.41, 5.74) is 4.18. The molecule has 0 aliphatic rings. The number of nitrogens with zero attached hydrogens (tertiary/aromatic N) is 2. The molecule has 1 atom stereocenters. The fourth-order valence-electron chi connectivity index (χ4n) is 3.24. The van der Waals surface area contributed by atoms with Crippen molar-refractivity contribution in [1.82, 2.24) is 14.9 Å². The van der Waals surface area contributed by atoms with Crippen LogP contribution in [0, 0.1) is 13.8 Å². The fourth-order valence-corrected chi connectivity index (χ4v) is 3.24. The van der Waals surface area contributed by atoms with Crippen molar-refractivity contribution in [2.75, 3.05) is 6.61 Å². The van der Waals surface area contributed by atoms with Gasteiger partial charge in [0.1, 0.15) is 11.6 Å². The Bertz CT molecular complexity index is 946. The van der Waals surface area contributed by atoms with Gasteiger partial charge in [-0.3, -0.25) is 4.79 Å². The lowest BCUT2D eigenvalue weighted by Gasteiger charge is -2.16. The standard InChI is InChI=1S/C22H27N3O2/c1-5-12-25-19-9-7-6-8-18(19)24-22(25)17(4)23-21(26)14-27-20-13-15(2)10-11-16(20)3/h6-11,13,17H,5,12,14H2,1-4H3,(H,23,26). The molecular formula is C22H27N3O2. The third-order valence-electron chi connectivity index (χ3n) is 4.60. The second kappa shape index (κ2) is 8.25. The van der Waals surface area contributed by atoms with Gasteiger partial charge in [0.2, 0.25) is 0 Å². The van der Waals surface area contributed by atoms with Crippen molar-refractivity contribution in [3.05, 3.63) is 59.4 Å². The first-order chi connectivity index (χ1) is 13.0. The Kier molecular flexibility index (Phi) is 5.79. The number of amides is 1. The van der Waals surface area contributed by atoms with Gasteiger partial charge in [-0.25, -0.2) is 4.98 Å². The summed E-state index contributed by atoms with van der Waals surface area (Å²) in [6.45, 7) is 8.94. The van der Waals surface area contributed by atoms with Crippen LogP contribution in [0.15, 0.2) is 42.5 Å². The van der Waals surface area contributed by atoms with Crippen LogP contribution >= 0.6 is 0 Å². The Morgan fingerprint density at radius 3 is 2.78 bits per heavy atom. The molecule has 1 amide bonds. The van der Waals surface area contributed by atoms with Gasteiger partial charge in [-0.2, -0.15) is 0 Å². The first kappa shape index (κ1) is 19.0. The van der Waals surface area contributed by atoms with E-state index in [4.69, 9.17) is 9.72 Å². The number of hydrogen-bond donors (Lipinski definition) is 1. The lowest BCUT2D eigenvalue weighted by Crippen LogP contribution is -2.32. The number of fused-ring (bicyclic) bond motifs is 1. The summed E-state index contributed by atoms with van der Waals surface area (Å²) < 4.78 is 7.90. The van der Waals surface area contributed by atoms with Crippen LogP contribution in [0.5, 0.6) is 5.75 Å². The summed E-state index contributed by atoms with van der Waals surface area (Å²) >= 11 is 0. The third-order valence-corrected chi connectivity index (χ3v) is 4.60. The number of ether oxygens (including phenoxy) is 1. The van der Waals surface area contributed by atoms with Gasteiger partial charge in [0, 0.05) is 6.54 Å². The molecule has 1 unspecified atom stereocenters. The molecular weight excluding hydrogens is 338 g/mol. The highest BCUT2D eigenvalue weighted by Gasteiger charge is 2.18. The molecule has 3 rings (SSSR count). The number of carbonyl (C=O) groups is 1. The molecule has 0 radical (unpaired) electrons. The number of aromatic nitrogens is 2. The molecule has 0 saturated heterocycles. The molecule has 0 aliphatic heterocycles. The first-order valence-corrected chi connectivity index (χ1v) is 9.44. The summed E-state index contributed by atoms with van der Waals surface area (Å²) in [5, 5.41) is 3.01. The van der Waals surface area contributed by atoms with E-state index in [0.29, 0.717) is 0 Å². The minimum absolute atomic E-state index is 0.0113. The van der Waals surface area contributed by atoms with Crippen molar-refractivity contribution in [3.8, 4) is 5.75 Å². The van der Waals surface area contributed by atoms with Crippen molar-refractivity contribution in [2.24, 2.45) is 0 Å². The highest BCUT2D eigenvalue weighted by atomic mass is 16.5. The molecule has 1 aromatic heterocycles. The number of imidazole rings is 1. The summed E-state index contributed by atoms with van der Waals surface area (Å²) in [4.78, 5) is 17.1. The number of hydrogen-bond acceptors (Lipinski definition) is 3. The van der Waals surface area contributed by atoms with Gasteiger partial charge in [0.15, 0.2) is 6.61 Å². The minimum atomic E-state index is -0.196. The van der Waals surface area contributed by atoms with E-state index < -0.39 is 0 Å². The third kappa shape index (κ3) is 4.30. The van der Waals surface area contributed by atoms with Crippen molar-refractivity contribution < 1.29 is 9.53 Å². The van der Waals surface area contributed by atoms with E-state index in [2.05, 4.69) is 22.9 Å². The molecule has 0 fully saturated rings. The lowest BCUT2D eigenvalue weighted by molar-refractivity contribution is -0.123. The van der Waals surface area contributed by atoms with Crippen LogP contribution < -0.4 is 10.1 Å². The maximum atomic E-state index is 12.4. The zero-order chi connectivity index (χ0) is 19.4. The smallest absolute Gasteiger partial charge is 0.258 e. The predicted octanol–water partition coefficient (Wildman–Crippen LogP) is 4.32. The van der Waals surface area contributed by atoms with E-state index in [1.165, 1.54) is 0 Å². The Morgan fingerprint density at radius 2 is 2.00 bits per heavy atom. The van der Waals surface area contributed by atoms with Crippen LogP contribution in [0.4, 0.5) is 0 Å². The van der Waals surface area contributed by atoms with E-state index in [-0.39, 0.29) is 18.6 Å². The molecule has 27 heavy (non-hydrogen) atoms. The predicted molar refractivity (Wildman–Crippen MR) is 108 cm³/mol. The average molecular weight is 365 g/mol. The van der Waals surface area contributed by atoms with Crippen LogP contribution in [0.3, 0.4) is 0 Å². The van der Waals surface area contributed by atoms with Crippen molar-refractivity contribution in [1.29, 1.82) is 0 Å². The van der Waals surface area contributed by atoms with Gasteiger partial charge < -0.3 is 14.6 Å². The monoisotopic (exact) mass is 365 g/mol. The number of nitrogens with one attached hydrogen (secondary N) is 1. The van der Waals surface area contributed by atoms with Gasteiger partial charge in [-0.1, -0.05) is 31.2 Å². The number of aryl methyl sites for hydroxylation is 3. The largest absolute Gasteiger partial charge is 0.483 e. The van der Waals surface area contributed by atoms with E-state index in [1.807, 2.05) is 57.2 Å². The number of rotatable bonds is 7. The zero-order valence-electron chi connectivity index (χ0n) is 16.5. The first-order valence-electron chi connectivity index (χ1n) is 9.44. The normalized spacial score (nSPS) is 12.1. The second-order valence-electron chi connectivity index (χ2n) is 6.96. The molecule has 5 nitrogen and oxygen atoms in total. The van der Waals surface area contributed by atoms with Crippen molar-refractivity contribution >= 4 is 16.9 Å². The van der Waals surface area contributed by atoms with Gasteiger partial charge in [0.25, 0.3) is 5.91 Å². The summed E-state index contributed by atoms with van der Waals surface area (Å²) in [6, 6.07) is 13.9. The average Bonchev–Trinajstić information content (AvgIpc) is 3.02. The fraction of sp³-hybridized carbons (Fsp3) is 0.364. The molecule has 1 N–H and O–H groups in total. The maximum absolute atomic E-state index is 12.4. The summed E-state index contributed by atoms with van der Waals surface area (Å²) in [6.07, 6.45) is 1.00. The van der Waals surface area contributed by atoms with E-state index in [0.717, 1.165) is 46.7 Å². The molecule has 142 valence electrons. The highest BCUT2D eigenvalue weighted by Crippen LogP contribution is 2.22. The SMILES string of the molecule is CCCn1c(C(C)NC(=O)COc2cc(C)ccc2C)nc2ccccc21. The zero-order valence-corrected chi connectivity index (χ0v) is 16.5. The summed E-state index contributed by atoms with van der Waals surface area (Å²) in [5.74, 6) is 1.47. The van der Waals surface area contributed by atoms with Crippen LogP contribution in [-0.4, -0.2) is 22.1 Å². The Balaban J connectivity index is 1.70. The Morgan fingerprint density at radius 1 is 1.22 bits per heavy atom. The van der Waals surface area contributed by atoms with Gasteiger partial charge in [0.05, 0.1) is 17.1 Å². The molecule has 1 heterocycles. The maximum Gasteiger partial charge on any atom is 0.258 e. The van der Waals surface area contributed by atoms with Crippen LogP contribution in [0.2, 0.25) is 0 Å². The van der Waals surface area contributed by atoms with Gasteiger partial charge in [-0.05, 0) is 56.5 Å². The molecule has 2 aromatic carbocycles. The number of carbonyl (C=O) groups excluding carboxylic acids is 1. The van der Waals surface area contributed by atoms with Gasteiger partial charge in [-0.15, -0.1) is 0 Å². The van der Waals surface area contributed by atoms with Crippen molar-refractivity contribution in [3.63, 3.8) is 0 Å². The molecule has 0 saturated carbocycles. The van der Waals surface area contributed by atoms with E-state index >= 15 is 0 Å². The number of benzene rings is 2. The summed E-state index contributed by atoms with van der Waals surface area (Å²) in [7, 11) is 0. The van der Waals surface area contributed by atoms with Crippen molar-refractivity contribution in [2.45, 2.75) is 46.7 Å². The number of para-hydroxylation sites is 2. The highest BCUT2D eigenvalue weighted by molar-refractivity contribution is 5.79. The molecule has 3 aromatic rings. The van der Waals surface area contributed by atoms with Crippen LogP contribution in [0.1, 0.15) is 43.3 Å². The topological polar surface area (TPSA) is 56.2 Å². The minimum Gasteiger partial charge on any atom is -0.483 e. The molecule has 0 bridgehead atoms. The lowest BCUT2D eigenvalue weighted by atomic mass is 10.1. The van der Waals surface area contributed by atoms with Crippen LogP contribution in [-0.2, 0) is 11.3 Å². The molecule has 0 spiro atoms. The Hall–Kier alpha value is -2.82. The quantitative estimate of drug-likeness (QED) is 0.678. The molecule has 5 heteroatoms. The van der Waals surface area contributed by atoms with Gasteiger partial charge >= 0.3 is 0 Å². The Labute approximate surface area is 160 Å². The molecule has 0 aliphatic carbocycles.